The van der Waals surface area contributed by atoms with Gasteiger partial charge in [0.2, 0.25) is 5.91 Å². The third-order valence-electron chi connectivity index (χ3n) is 4.21. The summed E-state index contributed by atoms with van der Waals surface area (Å²) in [4.78, 5) is 52.3. The zero-order chi connectivity index (χ0) is 19.3. The molecule has 1 saturated heterocycles. The molecule has 2 aliphatic rings. The maximum Gasteiger partial charge on any atom is 0.298 e. The van der Waals surface area contributed by atoms with Crippen molar-refractivity contribution in [3.05, 3.63) is 64.0 Å². The number of benzene rings is 2. The Morgan fingerprint density at radius 1 is 1.00 bits per heavy atom. The van der Waals surface area contributed by atoms with E-state index in [1.807, 2.05) is 0 Å². The van der Waals surface area contributed by atoms with Gasteiger partial charge in [-0.3, -0.25) is 19.2 Å². The fraction of sp³-hybridized carbons (Fsp3) is 0.0526. The van der Waals surface area contributed by atoms with Crippen LogP contribution < -0.4 is 9.80 Å². The van der Waals surface area contributed by atoms with E-state index < -0.39 is 23.0 Å². The third-order valence-corrected chi connectivity index (χ3v) is 5.38. The number of para-hydroxylation sites is 1. The molecule has 4 amide bonds. The second-order valence-electron chi connectivity index (χ2n) is 5.87. The number of fused-ring (bicyclic) bond motifs is 1. The van der Waals surface area contributed by atoms with E-state index in [1.165, 1.54) is 13.0 Å². The first-order valence-corrected chi connectivity index (χ1v) is 9.10. The Balaban J connectivity index is 1.87. The van der Waals surface area contributed by atoms with Crippen LogP contribution in [0.2, 0.25) is 5.02 Å². The van der Waals surface area contributed by atoms with Gasteiger partial charge in [-0.05, 0) is 36.0 Å². The summed E-state index contributed by atoms with van der Waals surface area (Å²) < 4.78 is 0. The lowest BCUT2D eigenvalue weighted by atomic mass is 10.1. The fourth-order valence-electron chi connectivity index (χ4n) is 3.11. The van der Waals surface area contributed by atoms with Gasteiger partial charge in [0.1, 0.15) is 0 Å². The molecule has 4 rings (SSSR count). The van der Waals surface area contributed by atoms with Gasteiger partial charge in [0.05, 0.1) is 21.9 Å². The minimum atomic E-state index is -0.615. The highest BCUT2D eigenvalue weighted by Gasteiger charge is 2.44. The molecule has 0 radical (unpaired) electrons. The van der Waals surface area contributed by atoms with Crippen LogP contribution in [0.1, 0.15) is 12.5 Å². The number of anilines is 2. The second-order valence-corrected chi connectivity index (χ2v) is 7.27. The lowest BCUT2D eigenvalue weighted by Crippen LogP contribution is -2.32. The van der Waals surface area contributed by atoms with E-state index in [0.717, 1.165) is 9.80 Å². The van der Waals surface area contributed by atoms with E-state index in [4.69, 9.17) is 11.6 Å². The summed E-state index contributed by atoms with van der Waals surface area (Å²) in [6.07, 6.45) is 0. The lowest BCUT2D eigenvalue weighted by molar-refractivity contribution is -0.122. The number of nitrogens with zero attached hydrogens (tertiary/aromatic N) is 2. The molecule has 27 heavy (non-hydrogen) atoms. The Kier molecular flexibility index (Phi) is 4.13. The molecule has 0 bridgehead atoms. The minimum absolute atomic E-state index is 0.00109. The van der Waals surface area contributed by atoms with Crippen molar-refractivity contribution in [2.24, 2.45) is 0 Å². The first kappa shape index (κ1) is 17.5. The Labute approximate surface area is 163 Å². The number of hydrogen-bond donors (Lipinski definition) is 0. The van der Waals surface area contributed by atoms with Crippen molar-refractivity contribution < 1.29 is 19.2 Å². The summed E-state index contributed by atoms with van der Waals surface area (Å²) in [5.41, 5.74) is 1.24. The van der Waals surface area contributed by atoms with Gasteiger partial charge in [-0.15, -0.1) is 0 Å². The van der Waals surface area contributed by atoms with Gasteiger partial charge in [-0.2, -0.15) is 0 Å². The van der Waals surface area contributed by atoms with Crippen molar-refractivity contribution in [3.8, 4) is 0 Å². The van der Waals surface area contributed by atoms with E-state index in [9.17, 15) is 19.2 Å². The average Bonchev–Trinajstić information content (AvgIpc) is 3.07. The van der Waals surface area contributed by atoms with E-state index in [-0.39, 0.29) is 10.5 Å². The average molecular weight is 399 g/mol. The van der Waals surface area contributed by atoms with E-state index in [2.05, 4.69) is 0 Å². The monoisotopic (exact) mass is 398 g/mol. The molecule has 6 nitrogen and oxygen atoms in total. The number of carbonyl (C=O) groups is 4. The third kappa shape index (κ3) is 2.67. The highest BCUT2D eigenvalue weighted by molar-refractivity contribution is 8.19. The molecule has 0 N–H and O–H groups in total. The summed E-state index contributed by atoms with van der Waals surface area (Å²) in [6, 6.07) is 13.0. The van der Waals surface area contributed by atoms with Gasteiger partial charge in [-0.25, -0.2) is 9.80 Å². The molecule has 2 aliphatic heterocycles. The number of amides is 4. The number of rotatable bonds is 1. The SMILES string of the molecule is CC(=O)N1C(=O)/C(=C2\SC(=O)N(c3cccc(Cl)c3)C2=O)c2ccccc21. The van der Waals surface area contributed by atoms with Crippen molar-refractivity contribution in [2.45, 2.75) is 6.92 Å². The maximum absolute atomic E-state index is 13.0. The molecular formula is C19H11ClN2O4S. The van der Waals surface area contributed by atoms with Crippen molar-refractivity contribution in [3.63, 3.8) is 0 Å². The molecule has 0 unspecified atom stereocenters. The molecule has 8 heteroatoms. The van der Waals surface area contributed by atoms with Gasteiger partial charge in [0.25, 0.3) is 17.1 Å². The molecule has 0 aromatic heterocycles. The molecule has 0 saturated carbocycles. The summed E-state index contributed by atoms with van der Waals surface area (Å²) in [5, 5.41) is -0.152. The first-order chi connectivity index (χ1) is 12.9. The Bertz CT molecular complexity index is 1080. The van der Waals surface area contributed by atoms with Crippen LogP contribution in [0.4, 0.5) is 16.2 Å². The molecule has 2 heterocycles. The van der Waals surface area contributed by atoms with Crippen molar-refractivity contribution in [2.75, 3.05) is 9.80 Å². The van der Waals surface area contributed by atoms with Crippen molar-refractivity contribution >= 4 is 63.3 Å². The van der Waals surface area contributed by atoms with Gasteiger partial charge in [-0.1, -0.05) is 35.9 Å². The molecule has 1 fully saturated rings. The topological polar surface area (TPSA) is 74.8 Å². The largest absolute Gasteiger partial charge is 0.298 e. The van der Waals surface area contributed by atoms with Gasteiger partial charge < -0.3 is 0 Å². The second kappa shape index (κ2) is 6.37. The Morgan fingerprint density at radius 3 is 2.44 bits per heavy atom. The van der Waals surface area contributed by atoms with Gasteiger partial charge in [0.15, 0.2) is 0 Å². The maximum atomic E-state index is 13.0. The minimum Gasteiger partial charge on any atom is -0.274 e. The molecule has 0 spiro atoms. The number of hydrogen-bond acceptors (Lipinski definition) is 5. The highest BCUT2D eigenvalue weighted by Crippen LogP contribution is 2.45. The van der Waals surface area contributed by atoms with Crippen LogP contribution in [0.5, 0.6) is 0 Å². The van der Waals surface area contributed by atoms with E-state index in [1.54, 1.807) is 42.5 Å². The predicted molar refractivity (Wildman–Crippen MR) is 103 cm³/mol. The zero-order valence-corrected chi connectivity index (χ0v) is 15.5. The number of thioether (sulfide) groups is 1. The summed E-state index contributed by atoms with van der Waals surface area (Å²) in [5.74, 6) is -1.69. The number of imide groups is 2. The number of carbonyl (C=O) groups excluding carboxylic acids is 4. The molecule has 2 aromatic carbocycles. The smallest absolute Gasteiger partial charge is 0.274 e. The predicted octanol–water partition coefficient (Wildman–Crippen LogP) is 3.84. The van der Waals surface area contributed by atoms with Crippen molar-refractivity contribution in [1.82, 2.24) is 0 Å². The van der Waals surface area contributed by atoms with E-state index in [0.29, 0.717) is 33.7 Å². The highest BCUT2D eigenvalue weighted by atomic mass is 35.5. The van der Waals surface area contributed by atoms with E-state index >= 15 is 0 Å². The van der Waals surface area contributed by atoms with Crippen LogP contribution in [0.25, 0.3) is 5.57 Å². The van der Waals surface area contributed by atoms with Crippen LogP contribution >= 0.6 is 23.4 Å². The summed E-state index contributed by atoms with van der Waals surface area (Å²) >= 11 is 6.64. The Morgan fingerprint density at radius 2 is 1.74 bits per heavy atom. The van der Waals surface area contributed by atoms with Crippen LogP contribution in [-0.4, -0.2) is 23.0 Å². The van der Waals surface area contributed by atoms with Gasteiger partial charge >= 0.3 is 0 Å². The van der Waals surface area contributed by atoms with Crippen LogP contribution in [-0.2, 0) is 14.4 Å². The molecule has 134 valence electrons. The van der Waals surface area contributed by atoms with Gasteiger partial charge in [0, 0.05) is 17.5 Å². The quantitative estimate of drug-likeness (QED) is 0.682. The summed E-state index contributed by atoms with van der Waals surface area (Å²) in [6.45, 7) is 1.27. The fourth-order valence-corrected chi connectivity index (χ4v) is 4.22. The normalized spacial score (nSPS) is 19.1. The van der Waals surface area contributed by atoms with Crippen molar-refractivity contribution in [1.29, 1.82) is 0 Å². The van der Waals surface area contributed by atoms with Crippen LogP contribution in [0.3, 0.4) is 0 Å². The molecule has 2 aromatic rings. The molecular weight excluding hydrogens is 388 g/mol. The summed E-state index contributed by atoms with van der Waals surface area (Å²) in [7, 11) is 0. The molecule has 0 atom stereocenters. The molecule has 0 aliphatic carbocycles. The standard InChI is InChI=1S/C19H11ClN2O4S/c1-10(23)21-14-8-3-2-7-13(14)15(17(21)24)16-18(25)22(19(26)27-16)12-6-4-5-11(20)9-12/h2-9H,1H3/b16-15-. The zero-order valence-electron chi connectivity index (χ0n) is 13.9. The first-order valence-electron chi connectivity index (χ1n) is 7.90. The van der Waals surface area contributed by atoms with Crippen LogP contribution in [0, 0.1) is 0 Å². The number of halogens is 1. The van der Waals surface area contributed by atoms with Crippen LogP contribution in [0.15, 0.2) is 53.4 Å². The lowest BCUT2D eigenvalue weighted by Gasteiger charge is -2.13. The Hall–Kier alpha value is -2.90.